The monoisotopic (exact) mass is 498 g/mol. The minimum atomic E-state index is -0.0183. The molecule has 2 aromatic carbocycles. The Hall–Kier alpha value is 0.420. The van der Waals surface area contributed by atoms with Crippen LogP contribution in [0.3, 0.4) is 0 Å². The fourth-order valence-electron chi connectivity index (χ4n) is 1.69. The molecule has 0 bridgehead atoms. The maximum absolute atomic E-state index is 6.51. The van der Waals surface area contributed by atoms with Gasteiger partial charge >= 0.3 is 0 Å². The molecule has 0 aliphatic heterocycles. The van der Waals surface area contributed by atoms with Gasteiger partial charge in [0.05, 0.1) is 5.38 Å². The number of alkyl halides is 1. The first-order chi connectivity index (χ1) is 8.56. The number of benzene rings is 2. The molecule has 0 N–H and O–H groups in total. The molecule has 0 saturated carbocycles. The first-order valence-electron chi connectivity index (χ1n) is 5.40. The summed E-state index contributed by atoms with van der Waals surface area (Å²) in [5.74, 6) is 0. The molecule has 2 rings (SSSR count). The van der Waals surface area contributed by atoms with Gasteiger partial charge < -0.3 is 0 Å². The molecule has 1 unspecified atom stereocenters. The van der Waals surface area contributed by atoms with Crippen molar-refractivity contribution >= 4 is 66.1 Å². The molecular formula is C14H10Br2ClI. The van der Waals surface area contributed by atoms with E-state index in [-0.39, 0.29) is 5.38 Å². The van der Waals surface area contributed by atoms with Gasteiger partial charge in [-0.3, -0.25) is 0 Å². The molecule has 0 amide bonds. The first-order valence-corrected chi connectivity index (χ1v) is 8.50. The van der Waals surface area contributed by atoms with Gasteiger partial charge in [-0.2, -0.15) is 0 Å². The van der Waals surface area contributed by atoms with E-state index in [9.17, 15) is 0 Å². The van der Waals surface area contributed by atoms with Gasteiger partial charge in [0.15, 0.2) is 0 Å². The Kier molecular flexibility index (Phi) is 5.54. The molecule has 0 aliphatic carbocycles. The predicted octanol–water partition coefficient (Wildman–Crippen LogP) is 6.34. The van der Waals surface area contributed by atoms with Crippen LogP contribution < -0.4 is 0 Å². The maximum Gasteiger partial charge on any atom is 0.0636 e. The lowest BCUT2D eigenvalue weighted by Gasteiger charge is -2.12. The summed E-state index contributed by atoms with van der Waals surface area (Å²) in [5.41, 5.74) is 2.38. The molecule has 0 aromatic heterocycles. The van der Waals surface area contributed by atoms with Crippen molar-refractivity contribution in [3.63, 3.8) is 0 Å². The smallest absolute Gasteiger partial charge is 0.0636 e. The van der Waals surface area contributed by atoms with Crippen LogP contribution in [0.25, 0.3) is 0 Å². The molecule has 0 fully saturated rings. The Bertz CT molecular complexity index is 540. The zero-order chi connectivity index (χ0) is 13.1. The lowest BCUT2D eigenvalue weighted by Crippen LogP contribution is -1.97. The van der Waals surface area contributed by atoms with Crippen molar-refractivity contribution in [3.05, 3.63) is 66.1 Å². The van der Waals surface area contributed by atoms with Crippen LogP contribution in [0.15, 0.2) is 51.4 Å². The molecule has 94 valence electrons. The number of rotatable bonds is 3. The van der Waals surface area contributed by atoms with E-state index < -0.39 is 0 Å². The summed E-state index contributed by atoms with van der Waals surface area (Å²) in [6.45, 7) is 0. The summed E-state index contributed by atoms with van der Waals surface area (Å²) in [4.78, 5) is 0. The van der Waals surface area contributed by atoms with Gasteiger partial charge in [0.2, 0.25) is 0 Å². The van der Waals surface area contributed by atoms with E-state index >= 15 is 0 Å². The highest BCUT2D eigenvalue weighted by Crippen LogP contribution is 2.32. The molecular weight excluding hydrogens is 490 g/mol. The fraction of sp³-hybridized carbons (Fsp3) is 0.143. The van der Waals surface area contributed by atoms with Crippen molar-refractivity contribution in [1.82, 2.24) is 0 Å². The Balaban J connectivity index is 2.18. The van der Waals surface area contributed by atoms with Crippen LogP contribution >= 0.6 is 66.1 Å². The lowest BCUT2D eigenvalue weighted by atomic mass is 10.0. The van der Waals surface area contributed by atoms with Gasteiger partial charge in [-0.05, 0) is 70.5 Å². The quantitative estimate of drug-likeness (QED) is 0.341. The highest BCUT2D eigenvalue weighted by molar-refractivity contribution is 14.1. The highest BCUT2D eigenvalue weighted by atomic mass is 127. The van der Waals surface area contributed by atoms with Crippen molar-refractivity contribution in [2.45, 2.75) is 11.8 Å². The van der Waals surface area contributed by atoms with Crippen LogP contribution in [0, 0.1) is 3.57 Å². The molecule has 18 heavy (non-hydrogen) atoms. The highest BCUT2D eigenvalue weighted by Gasteiger charge is 2.12. The molecule has 0 spiro atoms. The van der Waals surface area contributed by atoms with Crippen molar-refractivity contribution in [1.29, 1.82) is 0 Å². The molecule has 0 radical (unpaired) electrons. The Morgan fingerprint density at radius 1 is 1.06 bits per heavy atom. The van der Waals surface area contributed by atoms with Gasteiger partial charge in [0, 0.05) is 12.5 Å². The van der Waals surface area contributed by atoms with Crippen LogP contribution in [0.2, 0.25) is 0 Å². The van der Waals surface area contributed by atoms with E-state index in [1.165, 1.54) is 9.13 Å². The zero-order valence-electron chi connectivity index (χ0n) is 9.34. The summed E-state index contributed by atoms with van der Waals surface area (Å²) in [5, 5.41) is -0.0183. The van der Waals surface area contributed by atoms with Gasteiger partial charge in [0.25, 0.3) is 0 Å². The minimum absolute atomic E-state index is 0.0183. The third-order valence-corrected chi connectivity index (χ3v) is 4.93. The van der Waals surface area contributed by atoms with Crippen molar-refractivity contribution in [3.8, 4) is 0 Å². The topological polar surface area (TPSA) is 0 Å². The summed E-state index contributed by atoms with van der Waals surface area (Å²) >= 11 is 15.8. The van der Waals surface area contributed by atoms with Crippen molar-refractivity contribution < 1.29 is 0 Å². The maximum atomic E-state index is 6.51. The van der Waals surface area contributed by atoms with E-state index in [4.69, 9.17) is 11.6 Å². The summed E-state index contributed by atoms with van der Waals surface area (Å²) in [6, 6.07) is 14.5. The third-order valence-electron chi connectivity index (χ3n) is 2.62. The van der Waals surface area contributed by atoms with Gasteiger partial charge in [-0.15, -0.1) is 11.6 Å². The largest absolute Gasteiger partial charge is 0.117 e. The standard InChI is InChI=1S/C14H10Br2ClI/c15-10-3-1-9(2-4-10)7-14(17)12-8-11(18)5-6-13(12)16/h1-6,8,14H,7H2. The van der Waals surface area contributed by atoms with Crippen LogP contribution in [0.4, 0.5) is 0 Å². The Labute approximate surface area is 143 Å². The molecule has 4 heteroatoms. The number of hydrogen-bond acceptors (Lipinski definition) is 0. The van der Waals surface area contributed by atoms with Gasteiger partial charge in [-0.25, -0.2) is 0 Å². The number of halogens is 4. The summed E-state index contributed by atoms with van der Waals surface area (Å²) < 4.78 is 3.36. The Morgan fingerprint density at radius 3 is 2.39 bits per heavy atom. The van der Waals surface area contributed by atoms with Gasteiger partial charge in [-0.1, -0.05) is 44.0 Å². The van der Waals surface area contributed by atoms with E-state index in [1.807, 2.05) is 18.2 Å². The fourth-order valence-corrected chi connectivity index (χ4v) is 3.49. The normalized spacial score (nSPS) is 12.4. The molecule has 0 saturated heterocycles. The first kappa shape index (κ1) is 14.8. The predicted molar refractivity (Wildman–Crippen MR) is 93.3 cm³/mol. The zero-order valence-corrected chi connectivity index (χ0v) is 15.4. The average molecular weight is 500 g/mol. The molecule has 0 heterocycles. The van der Waals surface area contributed by atoms with Crippen LogP contribution in [0.5, 0.6) is 0 Å². The van der Waals surface area contributed by atoms with Crippen LogP contribution in [-0.2, 0) is 6.42 Å². The Morgan fingerprint density at radius 2 is 1.72 bits per heavy atom. The van der Waals surface area contributed by atoms with Crippen LogP contribution in [0.1, 0.15) is 16.5 Å². The molecule has 0 aliphatic rings. The van der Waals surface area contributed by atoms with Crippen molar-refractivity contribution in [2.24, 2.45) is 0 Å². The van der Waals surface area contributed by atoms with E-state index in [2.05, 4.69) is 78.7 Å². The molecule has 1 atom stereocenters. The minimum Gasteiger partial charge on any atom is -0.117 e. The lowest BCUT2D eigenvalue weighted by molar-refractivity contribution is 0.913. The van der Waals surface area contributed by atoms with Crippen LogP contribution in [-0.4, -0.2) is 0 Å². The second-order valence-electron chi connectivity index (χ2n) is 3.96. The average Bonchev–Trinajstić information content (AvgIpc) is 2.35. The van der Waals surface area contributed by atoms with Gasteiger partial charge in [0.1, 0.15) is 0 Å². The SMILES string of the molecule is ClC(Cc1ccc(Br)cc1)c1cc(I)ccc1Br. The summed E-state index contributed by atoms with van der Waals surface area (Å²) in [6.07, 6.45) is 0.827. The van der Waals surface area contributed by atoms with E-state index in [0.29, 0.717) is 0 Å². The van der Waals surface area contributed by atoms with E-state index in [0.717, 1.165) is 20.9 Å². The second kappa shape index (κ2) is 6.73. The molecule has 0 nitrogen and oxygen atoms in total. The number of hydrogen-bond donors (Lipinski definition) is 0. The van der Waals surface area contributed by atoms with Crippen molar-refractivity contribution in [2.75, 3.05) is 0 Å². The third kappa shape index (κ3) is 3.95. The molecule has 2 aromatic rings. The van der Waals surface area contributed by atoms with E-state index in [1.54, 1.807) is 0 Å². The summed E-state index contributed by atoms with van der Waals surface area (Å²) in [7, 11) is 0. The second-order valence-corrected chi connectivity index (χ2v) is 7.51.